The van der Waals surface area contributed by atoms with Crippen LogP contribution in [0.25, 0.3) is 0 Å². The highest BCUT2D eigenvalue weighted by Gasteiger charge is 2.42. The van der Waals surface area contributed by atoms with Gasteiger partial charge in [-0.3, -0.25) is 10.0 Å². The number of carbonyl (C=O) groups excluding carboxylic acids is 1. The van der Waals surface area contributed by atoms with E-state index < -0.39 is 16.2 Å². The smallest absolute Gasteiger partial charge is 0.275 e. The lowest BCUT2D eigenvalue weighted by Crippen LogP contribution is -2.32. The van der Waals surface area contributed by atoms with E-state index in [2.05, 4.69) is 0 Å². The van der Waals surface area contributed by atoms with E-state index in [1.165, 1.54) is 0 Å². The van der Waals surface area contributed by atoms with Crippen LogP contribution in [0.1, 0.15) is 0 Å². The minimum Gasteiger partial charge on any atom is -0.275 e. The Balaban J connectivity index is 4.06. The van der Waals surface area contributed by atoms with Gasteiger partial charge >= 0.3 is 12.1 Å². The zero-order valence-corrected chi connectivity index (χ0v) is 5.40. The molecule has 0 heterocycles. The molecule has 0 rings (SSSR count). The molecule has 0 saturated heterocycles. The number of halogens is 4. The van der Waals surface area contributed by atoms with Crippen LogP contribution in [0, 0.1) is 0 Å². The molecule has 0 aromatic heterocycles. The van der Waals surface area contributed by atoms with Crippen LogP contribution in [0.15, 0.2) is 0 Å². The third-order valence-electron chi connectivity index (χ3n) is 0.410. The molecule has 0 atom stereocenters. The second-order valence-corrected chi connectivity index (χ2v) is 1.73. The molecular formula is C2HBrF3NO2. The van der Waals surface area contributed by atoms with E-state index in [0.29, 0.717) is 0 Å². The van der Waals surface area contributed by atoms with Crippen LogP contribution in [0.2, 0.25) is 0 Å². The van der Waals surface area contributed by atoms with E-state index in [1.807, 2.05) is 16.1 Å². The van der Waals surface area contributed by atoms with Gasteiger partial charge in [-0.1, -0.05) is 0 Å². The highest BCUT2D eigenvalue weighted by Crippen LogP contribution is 2.18. The summed E-state index contributed by atoms with van der Waals surface area (Å²) in [4.78, 5) is 9.67. The van der Waals surface area contributed by atoms with Gasteiger partial charge in [0, 0.05) is 0 Å². The number of amides is 1. The summed E-state index contributed by atoms with van der Waals surface area (Å²) >= 11 is 1.89. The van der Waals surface area contributed by atoms with E-state index in [0.717, 1.165) is 0 Å². The molecule has 0 aliphatic carbocycles. The minimum atomic E-state index is -5.03. The molecule has 0 bridgehead atoms. The minimum absolute atomic E-state index is 0.701. The molecule has 0 saturated carbocycles. The van der Waals surface area contributed by atoms with Gasteiger partial charge in [0.1, 0.15) is 0 Å². The molecular weight excluding hydrogens is 207 g/mol. The number of rotatable bonds is 0. The van der Waals surface area contributed by atoms with Crippen molar-refractivity contribution in [1.82, 2.24) is 4.09 Å². The van der Waals surface area contributed by atoms with Crippen LogP contribution in [0.5, 0.6) is 0 Å². The quantitative estimate of drug-likeness (QED) is 0.367. The predicted octanol–water partition coefficient (Wildman–Crippen LogP) is 1.08. The van der Waals surface area contributed by atoms with E-state index in [4.69, 9.17) is 5.21 Å². The predicted molar refractivity (Wildman–Crippen MR) is 23.6 cm³/mol. The lowest BCUT2D eigenvalue weighted by atomic mass is 10.6. The molecule has 0 radical (unpaired) electrons. The molecule has 1 amide bonds. The van der Waals surface area contributed by atoms with Crippen molar-refractivity contribution in [3.05, 3.63) is 0 Å². The number of hydrogen-bond acceptors (Lipinski definition) is 2. The number of nitrogens with zero attached hydrogens (tertiary/aromatic N) is 1. The standard InChI is InChI=1S/C2HBrF3NO2/c3-7(9)1(8)2(4,5)6/h9H. The summed E-state index contributed by atoms with van der Waals surface area (Å²) in [5.74, 6) is -2.36. The van der Waals surface area contributed by atoms with E-state index in [9.17, 15) is 18.0 Å². The normalized spacial score (nSPS) is 11.2. The Kier molecular flexibility index (Phi) is 2.44. The second-order valence-electron chi connectivity index (χ2n) is 1.06. The summed E-state index contributed by atoms with van der Waals surface area (Å²) in [6, 6.07) is 0. The topological polar surface area (TPSA) is 40.5 Å². The molecule has 0 aromatic carbocycles. The molecule has 7 heteroatoms. The molecule has 0 unspecified atom stereocenters. The highest BCUT2D eigenvalue weighted by atomic mass is 79.9. The van der Waals surface area contributed by atoms with Gasteiger partial charge in [-0.05, 0) is 0 Å². The van der Waals surface area contributed by atoms with E-state index in [1.54, 1.807) is 0 Å². The molecule has 0 aliphatic heterocycles. The van der Waals surface area contributed by atoms with Crippen molar-refractivity contribution in [2.24, 2.45) is 0 Å². The van der Waals surface area contributed by atoms with Gasteiger partial charge in [0.25, 0.3) is 0 Å². The van der Waals surface area contributed by atoms with Gasteiger partial charge in [0.15, 0.2) is 0 Å². The van der Waals surface area contributed by atoms with Crippen molar-refractivity contribution < 1.29 is 23.2 Å². The fourth-order valence-corrected chi connectivity index (χ4v) is 0.306. The first-order valence-corrected chi connectivity index (χ1v) is 2.32. The van der Waals surface area contributed by atoms with Crippen LogP contribution in [-0.4, -0.2) is 21.4 Å². The van der Waals surface area contributed by atoms with Crippen molar-refractivity contribution in [2.45, 2.75) is 6.18 Å². The summed E-state index contributed by atoms with van der Waals surface area (Å²) < 4.78 is 32.7. The first kappa shape index (κ1) is 8.70. The first-order chi connectivity index (χ1) is 3.85. The number of alkyl halides is 3. The summed E-state index contributed by atoms with van der Waals surface area (Å²) in [5, 5.41) is 7.84. The van der Waals surface area contributed by atoms with Crippen LogP contribution in [0.3, 0.4) is 0 Å². The Bertz CT molecular complexity index is 121. The van der Waals surface area contributed by atoms with Crippen molar-refractivity contribution in [3.8, 4) is 0 Å². The van der Waals surface area contributed by atoms with Gasteiger partial charge in [0.2, 0.25) is 0 Å². The zero-order chi connectivity index (χ0) is 7.65. The maximum atomic E-state index is 11.1. The van der Waals surface area contributed by atoms with Gasteiger partial charge < -0.3 is 0 Å². The van der Waals surface area contributed by atoms with Gasteiger partial charge in [-0.2, -0.15) is 13.2 Å². The Morgan fingerprint density at radius 1 is 1.56 bits per heavy atom. The average molecular weight is 208 g/mol. The third kappa shape index (κ3) is 2.66. The maximum absolute atomic E-state index is 11.1. The van der Waals surface area contributed by atoms with Crippen LogP contribution >= 0.6 is 16.1 Å². The molecule has 0 aromatic rings. The molecule has 54 valence electrons. The number of hydroxylamine groups is 1. The molecule has 0 spiro atoms. The van der Waals surface area contributed by atoms with E-state index in [-0.39, 0.29) is 0 Å². The van der Waals surface area contributed by atoms with Crippen LogP contribution in [0.4, 0.5) is 13.2 Å². The second kappa shape index (κ2) is 2.53. The third-order valence-corrected chi connectivity index (χ3v) is 0.732. The summed E-state index contributed by atoms with van der Waals surface area (Å²) in [7, 11) is 0. The fraction of sp³-hybridized carbons (Fsp3) is 0.500. The number of carbonyl (C=O) groups is 1. The summed E-state index contributed by atoms with van der Waals surface area (Å²) in [6.45, 7) is 0. The van der Waals surface area contributed by atoms with Crippen molar-refractivity contribution >= 4 is 22.1 Å². The number of hydrogen-bond donors (Lipinski definition) is 1. The van der Waals surface area contributed by atoms with Crippen LogP contribution < -0.4 is 0 Å². The Labute approximate surface area is 56.3 Å². The van der Waals surface area contributed by atoms with Gasteiger partial charge in [-0.15, -0.1) is 4.09 Å². The van der Waals surface area contributed by atoms with Gasteiger partial charge in [0.05, 0.1) is 16.1 Å². The Hall–Kier alpha value is -0.300. The SMILES string of the molecule is O=C(N(O)Br)C(F)(F)F. The Morgan fingerprint density at radius 2 is 1.89 bits per heavy atom. The monoisotopic (exact) mass is 207 g/mol. The Morgan fingerprint density at radius 3 is 1.89 bits per heavy atom. The lowest BCUT2D eigenvalue weighted by Gasteiger charge is -2.06. The van der Waals surface area contributed by atoms with E-state index >= 15 is 0 Å². The highest BCUT2D eigenvalue weighted by molar-refractivity contribution is 9.07. The van der Waals surface area contributed by atoms with Crippen molar-refractivity contribution in [3.63, 3.8) is 0 Å². The van der Waals surface area contributed by atoms with Gasteiger partial charge in [-0.25, -0.2) is 0 Å². The molecule has 9 heavy (non-hydrogen) atoms. The largest absolute Gasteiger partial charge is 0.474 e. The summed E-state index contributed by atoms with van der Waals surface area (Å²) in [6.07, 6.45) is -5.03. The first-order valence-electron chi connectivity index (χ1n) is 1.61. The fourth-order valence-electron chi connectivity index (χ4n) is 0.105. The van der Waals surface area contributed by atoms with Crippen molar-refractivity contribution in [2.75, 3.05) is 0 Å². The zero-order valence-electron chi connectivity index (χ0n) is 3.81. The van der Waals surface area contributed by atoms with Crippen LogP contribution in [-0.2, 0) is 4.79 Å². The van der Waals surface area contributed by atoms with Crippen molar-refractivity contribution in [1.29, 1.82) is 0 Å². The molecule has 0 aliphatic rings. The maximum Gasteiger partial charge on any atom is 0.474 e. The molecule has 0 fully saturated rings. The summed E-state index contributed by atoms with van der Waals surface area (Å²) in [5.41, 5.74) is 0. The molecule has 1 N–H and O–H groups in total. The molecule has 3 nitrogen and oxygen atoms in total. The average Bonchev–Trinajstić information content (AvgIpc) is 1.62. The lowest BCUT2D eigenvalue weighted by molar-refractivity contribution is -0.196.